The van der Waals surface area contributed by atoms with Gasteiger partial charge in [0.25, 0.3) is 0 Å². The second-order valence-electron chi connectivity index (χ2n) is 7.40. The van der Waals surface area contributed by atoms with Crippen molar-refractivity contribution in [2.45, 2.75) is 46.5 Å². The summed E-state index contributed by atoms with van der Waals surface area (Å²) in [6, 6.07) is 18.5. The molecule has 3 nitrogen and oxygen atoms in total. The van der Waals surface area contributed by atoms with Crippen molar-refractivity contribution >= 4 is 17.3 Å². The average molecular weight is 373 g/mol. The molecular formula is C25H28N2O. The van der Waals surface area contributed by atoms with Crippen LogP contribution in [0.4, 0.5) is 11.5 Å². The van der Waals surface area contributed by atoms with E-state index in [-0.39, 0.29) is 5.78 Å². The maximum Gasteiger partial charge on any atom is 0.162 e. The minimum absolute atomic E-state index is 0.200. The van der Waals surface area contributed by atoms with E-state index in [1.165, 1.54) is 16.7 Å². The van der Waals surface area contributed by atoms with Crippen LogP contribution in [0.15, 0.2) is 60.8 Å². The number of ketones is 1. The Labute approximate surface area is 167 Å². The number of carbonyl (C=O) groups excluding carboxylic acids is 1. The standard InChI is InChI=1S/C25H28N2O/c1-4-5-9-24(28)22-11-10-19(3)23(17-22)27-25-16-21(12-13-26-25)15-20-8-6-7-18(2)14-20/h6-8,10-14,16-17H,4-5,9,15H2,1-3H3,(H,26,27). The number of hydrogen-bond donors (Lipinski definition) is 1. The number of Topliss-reactive ketones (excluding diaryl/α,β-unsaturated/α-hetero) is 1. The van der Waals surface area contributed by atoms with Gasteiger partial charge in [0.15, 0.2) is 5.78 Å². The number of aromatic nitrogens is 1. The van der Waals surface area contributed by atoms with E-state index in [2.05, 4.69) is 54.5 Å². The smallest absolute Gasteiger partial charge is 0.162 e. The summed E-state index contributed by atoms with van der Waals surface area (Å²) in [6.07, 6.45) is 5.26. The third-order valence-electron chi connectivity index (χ3n) is 4.89. The Morgan fingerprint density at radius 3 is 2.61 bits per heavy atom. The highest BCUT2D eigenvalue weighted by molar-refractivity contribution is 5.97. The van der Waals surface area contributed by atoms with E-state index in [0.717, 1.165) is 41.9 Å². The first-order valence-electron chi connectivity index (χ1n) is 9.96. The number of nitrogens with one attached hydrogen (secondary N) is 1. The third kappa shape index (κ3) is 5.29. The molecule has 0 radical (unpaired) electrons. The van der Waals surface area contributed by atoms with E-state index < -0.39 is 0 Å². The molecule has 1 N–H and O–H groups in total. The van der Waals surface area contributed by atoms with Gasteiger partial charge < -0.3 is 5.32 Å². The van der Waals surface area contributed by atoms with Gasteiger partial charge in [-0.1, -0.05) is 55.3 Å². The SMILES string of the molecule is CCCCC(=O)c1ccc(C)c(Nc2cc(Cc3cccc(C)c3)ccn2)c1. The first-order valence-corrected chi connectivity index (χ1v) is 9.96. The number of benzene rings is 2. The lowest BCUT2D eigenvalue weighted by Crippen LogP contribution is -2.02. The van der Waals surface area contributed by atoms with E-state index in [1.807, 2.05) is 37.4 Å². The molecule has 144 valence electrons. The van der Waals surface area contributed by atoms with Gasteiger partial charge in [-0.25, -0.2) is 4.98 Å². The second-order valence-corrected chi connectivity index (χ2v) is 7.40. The summed E-state index contributed by atoms with van der Waals surface area (Å²) >= 11 is 0. The van der Waals surface area contributed by atoms with Crippen molar-refractivity contribution in [2.75, 3.05) is 5.32 Å². The van der Waals surface area contributed by atoms with E-state index in [9.17, 15) is 4.79 Å². The van der Waals surface area contributed by atoms with Crippen LogP contribution in [0.1, 0.15) is 58.8 Å². The zero-order valence-electron chi connectivity index (χ0n) is 17.0. The van der Waals surface area contributed by atoms with E-state index in [1.54, 1.807) is 0 Å². The van der Waals surface area contributed by atoms with E-state index in [0.29, 0.717) is 6.42 Å². The summed E-state index contributed by atoms with van der Waals surface area (Å²) in [6.45, 7) is 6.25. The maximum absolute atomic E-state index is 12.4. The number of carbonyl (C=O) groups is 1. The third-order valence-corrected chi connectivity index (χ3v) is 4.89. The van der Waals surface area contributed by atoms with Crippen molar-refractivity contribution < 1.29 is 4.79 Å². The van der Waals surface area contributed by atoms with Gasteiger partial charge in [-0.15, -0.1) is 0 Å². The lowest BCUT2D eigenvalue weighted by Gasteiger charge is -2.12. The summed E-state index contributed by atoms with van der Waals surface area (Å²) in [5.41, 5.74) is 6.55. The van der Waals surface area contributed by atoms with Crippen LogP contribution in [0.3, 0.4) is 0 Å². The van der Waals surface area contributed by atoms with Crippen LogP contribution in [-0.2, 0) is 6.42 Å². The molecule has 1 heterocycles. The van der Waals surface area contributed by atoms with Gasteiger partial charge in [-0.3, -0.25) is 4.79 Å². The van der Waals surface area contributed by atoms with Crippen molar-refractivity contribution in [3.63, 3.8) is 0 Å². The molecular weight excluding hydrogens is 344 g/mol. The van der Waals surface area contributed by atoms with Crippen molar-refractivity contribution in [1.82, 2.24) is 4.98 Å². The van der Waals surface area contributed by atoms with E-state index >= 15 is 0 Å². The number of unbranched alkanes of at least 4 members (excludes halogenated alkanes) is 1. The molecule has 3 heteroatoms. The molecule has 0 aliphatic rings. The number of hydrogen-bond acceptors (Lipinski definition) is 3. The monoisotopic (exact) mass is 372 g/mol. The van der Waals surface area contributed by atoms with E-state index in [4.69, 9.17) is 0 Å². The fraction of sp³-hybridized carbons (Fsp3) is 0.280. The number of pyridine rings is 1. The van der Waals surface area contributed by atoms with Gasteiger partial charge in [-0.2, -0.15) is 0 Å². The molecule has 0 atom stereocenters. The average Bonchev–Trinajstić information content (AvgIpc) is 2.68. The first kappa shape index (κ1) is 19.8. The molecule has 3 aromatic rings. The molecule has 0 amide bonds. The van der Waals surface area contributed by atoms with Crippen molar-refractivity contribution in [3.8, 4) is 0 Å². The first-order chi connectivity index (χ1) is 13.5. The molecule has 0 aliphatic carbocycles. The summed E-state index contributed by atoms with van der Waals surface area (Å²) in [5.74, 6) is 0.998. The molecule has 0 saturated heterocycles. The predicted molar refractivity (Wildman–Crippen MR) is 117 cm³/mol. The summed E-state index contributed by atoms with van der Waals surface area (Å²) in [4.78, 5) is 16.8. The zero-order chi connectivity index (χ0) is 19.9. The highest BCUT2D eigenvalue weighted by atomic mass is 16.1. The summed E-state index contributed by atoms with van der Waals surface area (Å²) in [5, 5.41) is 3.40. The van der Waals surface area contributed by atoms with Crippen LogP contribution in [0.5, 0.6) is 0 Å². The summed E-state index contributed by atoms with van der Waals surface area (Å²) < 4.78 is 0. The highest BCUT2D eigenvalue weighted by Gasteiger charge is 2.09. The van der Waals surface area contributed by atoms with Crippen LogP contribution in [0.25, 0.3) is 0 Å². The second kappa shape index (κ2) is 9.32. The fourth-order valence-electron chi connectivity index (χ4n) is 3.26. The van der Waals surface area contributed by atoms with Gasteiger partial charge in [-0.05, 0) is 61.6 Å². The Kier molecular flexibility index (Phi) is 6.59. The molecule has 0 unspecified atom stereocenters. The zero-order valence-corrected chi connectivity index (χ0v) is 17.0. The Hall–Kier alpha value is -2.94. The summed E-state index contributed by atoms with van der Waals surface area (Å²) in [7, 11) is 0. The van der Waals surface area contributed by atoms with Gasteiger partial charge >= 0.3 is 0 Å². The molecule has 3 rings (SSSR count). The van der Waals surface area contributed by atoms with Crippen molar-refractivity contribution in [3.05, 3.63) is 88.6 Å². The van der Waals surface area contributed by atoms with Gasteiger partial charge in [0, 0.05) is 23.9 Å². The van der Waals surface area contributed by atoms with Crippen LogP contribution in [0, 0.1) is 13.8 Å². The predicted octanol–water partition coefficient (Wildman–Crippen LogP) is 6.41. The number of rotatable bonds is 8. The number of anilines is 2. The molecule has 0 bridgehead atoms. The number of aryl methyl sites for hydroxylation is 2. The molecule has 28 heavy (non-hydrogen) atoms. The van der Waals surface area contributed by atoms with Crippen molar-refractivity contribution in [1.29, 1.82) is 0 Å². The molecule has 0 spiro atoms. The van der Waals surface area contributed by atoms with Gasteiger partial charge in [0.2, 0.25) is 0 Å². The maximum atomic E-state index is 12.4. The topological polar surface area (TPSA) is 42.0 Å². The molecule has 0 saturated carbocycles. The fourth-order valence-corrected chi connectivity index (χ4v) is 3.26. The minimum Gasteiger partial charge on any atom is -0.340 e. The Morgan fingerprint density at radius 2 is 1.82 bits per heavy atom. The highest BCUT2D eigenvalue weighted by Crippen LogP contribution is 2.23. The van der Waals surface area contributed by atoms with Crippen LogP contribution >= 0.6 is 0 Å². The van der Waals surface area contributed by atoms with Crippen LogP contribution in [0.2, 0.25) is 0 Å². The Morgan fingerprint density at radius 1 is 1.00 bits per heavy atom. The largest absolute Gasteiger partial charge is 0.340 e. The van der Waals surface area contributed by atoms with Gasteiger partial charge in [0.1, 0.15) is 5.82 Å². The van der Waals surface area contributed by atoms with Crippen LogP contribution < -0.4 is 5.32 Å². The normalized spacial score (nSPS) is 10.7. The van der Waals surface area contributed by atoms with Crippen LogP contribution in [-0.4, -0.2) is 10.8 Å². The van der Waals surface area contributed by atoms with Crippen molar-refractivity contribution in [2.24, 2.45) is 0 Å². The molecule has 1 aromatic heterocycles. The molecule has 0 fully saturated rings. The Bertz CT molecular complexity index is 962. The molecule has 0 aliphatic heterocycles. The lowest BCUT2D eigenvalue weighted by atomic mass is 10.0. The Balaban J connectivity index is 1.77. The van der Waals surface area contributed by atoms with Gasteiger partial charge in [0.05, 0.1) is 0 Å². The molecule has 2 aromatic carbocycles. The minimum atomic E-state index is 0.200. The number of nitrogens with zero attached hydrogens (tertiary/aromatic N) is 1. The lowest BCUT2D eigenvalue weighted by molar-refractivity contribution is 0.0980. The quantitative estimate of drug-likeness (QED) is 0.465.